The standard InChI is InChI=1S/C10H8Br2ClN5/c11-5-1-2-6(12)8(3-5)16-9-7(13)4-15-10(17-9)18-14/h1-4H,14H2,(H2,15,16,17,18). The average Bonchev–Trinajstić information content (AvgIpc) is 2.36. The van der Waals surface area contributed by atoms with Gasteiger partial charge in [-0.1, -0.05) is 27.5 Å². The minimum absolute atomic E-state index is 0.285. The number of nitrogens with one attached hydrogen (secondary N) is 2. The largest absolute Gasteiger partial charge is 0.338 e. The maximum absolute atomic E-state index is 6.01. The molecule has 8 heteroatoms. The van der Waals surface area contributed by atoms with Crippen LogP contribution in [0.15, 0.2) is 33.3 Å². The van der Waals surface area contributed by atoms with E-state index in [1.54, 1.807) is 0 Å². The topological polar surface area (TPSA) is 75.9 Å². The van der Waals surface area contributed by atoms with E-state index in [0.717, 1.165) is 14.6 Å². The van der Waals surface area contributed by atoms with E-state index >= 15 is 0 Å². The molecule has 1 heterocycles. The van der Waals surface area contributed by atoms with Crippen molar-refractivity contribution in [2.45, 2.75) is 0 Å². The van der Waals surface area contributed by atoms with Crippen LogP contribution in [-0.4, -0.2) is 9.97 Å². The van der Waals surface area contributed by atoms with Crippen molar-refractivity contribution >= 4 is 60.9 Å². The van der Waals surface area contributed by atoms with Crippen LogP contribution < -0.4 is 16.6 Å². The van der Waals surface area contributed by atoms with Gasteiger partial charge in [0.25, 0.3) is 0 Å². The summed E-state index contributed by atoms with van der Waals surface area (Å²) < 4.78 is 1.83. The van der Waals surface area contributed by atoms with Crippen LogP contribution in [-0.2, 0) is 0 Å². The minimum atomic E-state index is 0.285. The third-order valence-electron chi connectivity index (χ3n) is 2.05. The zero-order chi connectivity index (χ0) is 13.1. The summed E-state index contributed by atoms with van der Waals surface area (Å²) in [5.41, 5.74) is 3.19. The van der Waals surface area contributed by atoms with E-state index < -0.39 is 0 Å². The number of aromatic nitrogens is 2. The molecular formula is C10H8Br2ClN5. The fourth-order valence-electron chi connectivity index (χ4n) is 1.25. The van der Waals surface area contributed by atoms with E-state index in [2.05, 4.69) is 52.6 Å². The van der Waals surface area contributed by atoms with Crippen LogP contribution in [0.25, 0.3) is 0 Å². The van der Waals surface area contributed by atoms with Gasteiger partial charge in [-0.2, -0.15) is 4.98 Å². The summed E-state index contributed by atoms with van der Waals surface area (Å²) in [6, 6.07) is 5.73. The third kappa shape index (κ3) is 3.11. The monoisotopic (exact) mass is 391 g/mol. The Balaban J connectivity index is 2.36. The van der Waals surface area contributed by atoms with E-state index in [0.29, 0.717) is 10.8 Å². The number of nitrogens with zero attached hydrogens (tertiary/aromatic N) is 2. The Hall–Kier alpha value is -0.890. The van der Waals surface area contributed by atoms with Crippen LogP contribution >= 0.6 is 43.5 Å². The highest BCUT2D eigenvalue weighted by Crippen LogP contribution is 2.30. The number of hydrazine groups is 1. The van der Waals surface area contributed by atoms with E-state index in [9.17, 15) is 0 Å². The molecule has 0 bridgehead atoms. The van der Waals surface area contributed by atoms with Crippen LogP contribution in [0, 0.1) is 0 Å². The molecule has 1 aromatic heterocycles. The number of halogens is 3. The maximum Gasteiger partial charge on any atom is 0.239 e. The molecule has 5 nitrogen and oxygen atoms in total. The van der Waals surface area contributed by atoms with E-state index in [1.807, 2.05) is 18.2 Å². The molecular weight excluding hydrogens is 385 g/mol. The van der Waals surface area contributed by atoms with Crippen molar-refractivity contribution in [3.8, 4) is 0 Å². The SMILES string of the molecule is NNc1ncc(Cl)c(Nc2cc(Br)ccc2Br)n1. The first-order chi connectivity index (χ1) is 8.60. The van der Waals surface area contributed by atoms with Crippen molar-refractivity contribution in [2.75, 3.05) is 10.7 Å². The molecule has 0 amide bonds. The molecule has 0 saturated carbocycles. The Morgan fingerprint density at radius 3 is 2.78 bits per heavy atom. The lowest BCUT2D eigenvalue weighted by Crippen LogP contribution is -2.11. The molecule has 0 spiro atoms. The van der Waals surface area contributed by atoms with E-state index in [1.165, 1.54) is 6.20 Å². The Kier molecular flexibility index (Phi) is 4.39. The lowest BCUT2D eigenvalue weighted by Gasteiger charge is -2.10. The normalized spacial score (nSPS) is 10.2. The number of nitrogens with two attached hydrogens (primary N) is 1. The predicted molar refractivity (Wildman–Crippen MR) is 80.0 cm³/mol. The van der Waals surface area contributed by atoms with Crippen LogP contribution in [0.1, 0.15) is 0 Å². The van der Waals surface area contributed by atoms with Gasteiger partial charge in [-0.05, 0) is 34.1 Å². The molecule has 94 valence electrons. The molecule has 1 aromatic carbocycles. The van der Waals surface area contributed by atoms with Crippen LogP contribution in [0.4, 0.5) is 17.5 Å². The first-order valence-corrected chi connectivity index (χ1v) is 6.78. The molecule has 2 aromatic rings. The number of anilines is 3. The first kappa shape index (κ1) is 13.5. The molecule has 0 saturated heterocycles. The lowest BCUT2D eigenvalue weighted by molar-refractivity contribution is 1.12. The van der Waals surface area contributed by atoms with Crippen molar-refractivity contribution in [3.63, 3.8) is 0 Å². The minimum Gasteiger partial charge on any atom is -0.338 e. The molecule has 0 aliphatic rings. The molecule has 0 aliphatic carbocycles. The molecule has 0 fully saturated rings. The predicted octanol–water partition coefficient (Wildman–Crippen LogP) is 3.68. The Morgan fingerprint density at radius 2 is 2.06 bits per heavy atom. The number of benzene rings is 1. The average molecular weight is 393 g/mol. The van der Waals surface area contributed by atoms with E-state index in [4.69, 9.17) is 17.4 Å². The molecule has 0 aliphatic heterocycles. The van der Waals surface area contributed by atoms with Crippen molar-refractivity contribution in [2.24, 2.45) is 5.84 Å². The molecule has 0 unspecified atom stereocenters. The summed E-state index contributed by atoms with van der Waals surface area (Å²) in [4.78, 5) is 8.03. The van der Waals surface area contributed by atoms with Gasteiger partial charge in [0.05, 0.1) is 11.9 Å². The molecule has 4 N–H and O–H groups in total. The Morgan fingerprint density at radius 1 is 1.28 bits per heavy atom. The summed E-state index contributed by atoms with van der Waals surface area (Å²) >= 11 is 12.8. The van der Waals surface area contributed by atoms with Crippen molar-refractivity contribution in [1.82, 2.24) is 9.97 Å². The smallest absolute Gasteiger partial charge is 0.239 e. The molecule has 0 atom stereocenters. The fourth-order valence-corrected chi connectivity index (χ4v) is 2.09. The Bertz CT molecular complexity index is 578. The van der Waals surface area contributed by atoms with Gasteiger partial charge in [0.1, 0.15) is 5.02 Å². The van der Waals surface area contributed by atoms with Gasteiger partial charge < -0.3 is 5.32 Å². The van der Waals surface area contributed by atoms with Gasteiger partial charge in [-0.3, -0.25) is 5.43 Å². The number of nitrogen functional groups attached to an aromatic ring is 1. The number of hydrogen-bond donors (Lipinski definition) is 3. The van der Waals surface area contributed by atoms with Crippen molar-refractivity contribution < 1.29 is 0 Å². The van der Waals surface area contributed by atoms with Gasteiger partial charge in [0.15, 0.2) is 5.82 Å². The van der Waals surface area contributed by atoms with Gasteiger partial charge in [-0.15, -0.1) is 0 Å². The zero-order valence-electron chi connectivity index (χ0n) is 8.92. The van der Waals surface area contributed by atoms with Crippen LogP contribution in [0.5, 0.6) is 0 Å². The summed E-state index contributed by atoms with van der Waals surface area (Å²) in [6.07, 6.45) is 1.47. The Labute approximate surface area is 125 Å². The van der Waals surface area contributed by atoms with Gasteiger partial charge in [0.2, 0.25) is 5.95 Å². The van der Waals surface area contributed by atoms with Crippen molar-refractivity contribution in [3.05, 3.63) is 38.4 Å². The zero-order valence-corrected chi connectivity index (χ0v) is 12.8. The highest BCUT2D eigenvalue weighted by molar-refractivity contribution is 9.11. The second kappa shape index (κ2) is 5.83. The second-order valence-electron chi connectivity index (χ2n) is 3.28. The van der Waals surface area contributed by atoms with E-state index in [-0.39, 0.29) is 5.95 Å². The molecule has 18 heavy (non-hydrogen) atoms. The van der Waals surface area contributed by atoms with Gasteiger partial charge in [-0.25, -0.2) is 10.8 Å². The van der Waals surface area contributed by atoms with Crippen LogP contribution in [0.3, 0.4) is 0 Å². The van der Waals surface area contributed by atoms with Gasteiger partial charge >= 0.3 is 0 Å². The summed E-state index contributed by atoms with van der Waals surface area (Å²) in [5.74, 6) is 6.01. The third-order valence-corrected chi connectivity index (χ3v) is 3.52. The van der Waals surface area contributed by atoms with Gasteiger partial charge in [0, 0.05) is 8.95 Å². The molecule has 0 radical (unpaired) electrons. The highest BCUT2D eigenvalue weighted by atomic mass is 79.9. The summed E-state index contributed by atoms with van der Waals surface area (Å²) in [5, 5.41) is 3.50. The number of hydrogen-bond acceptors (Lipinski definition) is 5. The maximum atomic E-state index is 6.01. The number of rotatable bonds is 3. The summed E-state index contributed by atoms with van der Waals surface area (Å²) in [7, 11) is 0. The van der Waals surface area contributed by atoms with Crippen LogP contribution in [0.2, 0.25) is 5.02 Å². The first-order valence-electron chi connectivity index (χ1n) is 4.81. The highest BCUT2D eigenvalue weighted by Gasteiger charge is 2.07. The fraction of sp³-hybridized carbons (Fsp3) is 0. The lowest BCUT2D eigenvalue weighted by atomic mass is 10.3. The molecule has 2 rings (SSSR count). The summed E-state index contributed by atoms with van der Waals surface area (Å²) in [6.45, 7) is 0. The van der Waals surface area contributed by atoms with Crippen molar-refractivity contribution in [1.29, 1.82) is 0 Å². The quantitative estimate of drug-likeness (QED) is 0.548. The second-order valence-corrected chi connectivity index (χ2v) is 5.46.